The van der Waals surface area contributed by atoms with E-state index in [9.17, 15) is 4.79 Å². The van der Waals surface area contributed by atoms with Crippen molar-refractivity contribution < 1.29 is 9.90 Å². The molecule has 0 spiro atoms. The minimum Gasteiger partial charge on any atom is -0.481 e. The van der Waals surface area contributed by atoms with Crippen molar-refractivity contribution in [2.24, 2.45) is 0 Å². The van der Waals surface area contributed by atoms with Gasteiger partial charge in [0.15, 0.2) is 0 Å². The highest BCUT2D eigenvalue weighted by atomic mass is 16.4. The number of carboxylic acids is 1. The van der Waals surface area contributed by atoms with Gasteiger partial charge in [-0.1, -0.05) is 75.5 Å². The maximum absolute atomic E-state index is 10.3. The SMILES string of the molecule is CCCC/C=C/C=C/C=C\CCCCCCCC(=O)O. The normalized spacial score (nSPS) is 12.1. The summed E-state index contributed by atoms with van der Waals surface area (Å²) >= 11 is 0. The van der Waals surface area contributed by atoms with Gasteiger partial charge in [0, 0.05) is 6.42 Å². The van der Waals surface area contributed by atoms with E-state index in [4.69, 9.17) is 5.11 Å². The molecule has 1 N–H and O–H groups in total. The summed E-state index contributed by atoms with van der Waals surface area (Å²) in [4.78, 5) is 10.3. The van der Waals surface area contributed by atoms with Crippen LogP contribution in [0.2, 0.25) is 0 Å². The minimum atomic E-state index is -0.677. The third-order valence-electron chi connectivity index (χ3n) is 3.09. The first-order valence-electron chi connectivity index (χ1n) is 7.97. The van der Waals surface area contributed by atoms with Gasteiger partial charge < -0.3 is 5.11 Å². The Hall–Kier alpha value is -1.31. The van der Waals surface area contributed by atoms with Crippen molar-refractivity contribution in [3.05, 3.63) is 36.5 Å². The second kappa shape index (κ2) is 15.7. The molecule has 2 nitrogen and oxygen atoms in total. The summed E-state index contributed by atoms with van der Waals surface area (Å²) < 4.78 is 0. The Labute approximate surface area is 124 Å². The van der Waals surface area contributed by atoms with Crippen LogP contribution in [0.15, 0.2) is 36.5 Å². The van der Waals surface area contributed by atoms with Gasteiger partial charge in [0.2, 0.25) is 0 Å². The zero-order valence-corrected chi connectivity index (χ0v) is 12.9. The van der Waals surface area contributed by atoms with Gasteiger partial charge in [-0.2, -0.15) is 0 Å². The van der Waals surface area contributed by atoms with Crippen LogP contribution < -0.4 is 0 Å². The van der Waals surface area contributed by atoms with Gasteiger partial charge >= 0.3 is 5.97 Å². The molecule has 0 radical (unpaired) electrons. The van der Waals surface area contributed by atoms with Crippen molar-refractivity contribution in [2.75, 3.05) is 0 Å². The first-order chi connectivity index (χ1) is 9.77. The van der Waals surface area contributed by atoms with E-state index < -0.39 is 5.97 Å². The molecular formula is C18H30O2. The third-order valence-corrected chi connectivity index (χ3v) is 3.09. The van der Waals surface area contributed by atoms with Crippen molar-refractivity contribution in [2.45, 2.75) is 71.1 Å². The molecule has 0 unspecified atom stereocenters. The zero-order chi connectivity index (χ0) is 14.9. The van der Waals surface area contributed by atoms with Crippen LogP contribution in [-0.2, 0) is 4.79 Å². The van der Waals surface area contributed by atoms with Gasteiger partial charge in [0.25, 0.3) is 0 Å². The van der Waals surface area contributed by atoms with Crippen molar-refractivity contribution in [3.63, 3.8) is 0 Å². The van der Waals surface area contributed by atoms with Crippen molar-refractivity contribution in [1.82, 2.24) is 0 Å². The molecule has 2 heteroatoms. The molecule has 0 atom stereocenters. The number of unbranched alkanes of at least 4 members (excludes halogenated alkanes) is 7. The Bertz CT molecular complexity index is 301. The van der Waals surface area contributed by atoms with Crippen LogP contribution in [-0.4, -0.2) is 11.1 Å². The van der Waals surface area contributed by atoms with Gasteiger partial charge in [-0.15, -0.1) is 0 Å². The molecule has 0 fully saturated rings. The summed E-state index contributed by atoms with van der Waals surface area (Å²) in [6.45, 7) is 2.21. The summed E-state index contributed by atoms with van der Waals surface area (Å²) in [5.74, 6) is -0.677. The lowest BCUT2D eigenvalue weighted by Crippen LogP contribution is -1.93. The van der Waals surface area contributed by atoms with Gasteiger partial charge in [0.1, 0.15) is 0 Å². The maximum Gasteiger partial charge on any atom is 0.303 e. The fraction of sp³-hybridized carbons (Fsp3) is 0.611. The van der Waals surface area contributed by atoms with E-state index >= 15 is 0 Å². The second-order valence-corrected chi connectivity index (χ2v) is 5.08. The molecule has 0 aromatic rings. The van der Waals surface area contributed by atoms with Crippen molar-refractivity contribution >= 4 is 5.97 Å². The Morgan fingerprint density at radius 2 is 1.35 bits per heavy atom. The minimum absolute atomic E-state index is 0.316. The van der Waals surface area contributed by atoms with Crippen LogP contribution in [0.3, 0.4) is 0 Å². The molecule has 0 amide bonds. The highest BCUT2D eigenvalue weighted by Gasteiger charge is 1.95. The predicted molar refractivity (Wildman–Crippen MR) is 86.9 cm³/mol. The zero-order valence-electron chi connectivity index (χ0n) is 12.9. The summed E-state index contributed by atoms with van der Waals surface area (Å²) in [7, 11) is 0. The molecule has 0 aliphatic carbocycles. The highest BCUT2D eigenvalue weighted by molar-refractivity contribution is 5.66. The molecule has 114 valence electrons. The van der Waals surface area contributed by atoms with Crippen LogP contribution in [0.25, 0.3) is 0 Å². The van der Waals surface area contributed by atoms with Crippen LogP contribution >= 0.6 is 0 Å². The molecule has 0 bridgehead atoms. The van der Waals surface area contributed by atoms with E-state index in [-0.39, 0.29) is 0 Å². The van der Waals surface area contributed by atoms with E-state index in [0.29, 0.717) is 6.42 Å². The first-order valence-corrected chi connectivity index (χ1v) is 7.97. The number of aliphatic carboxylic acids is 1. The molecule has 0 aliphatic heterocycles. The summed E-state index contributed by atoms with van der Waals surface area (Å²) in [6.07, 6.45) is 23.3. The van der Waals surface area contributed by atoms with E-state index in [1.165, 1.54) is 32.1 Å². The smallest absolute Gasteiger partial charge is 0.303 e. The Kier molecular flexibility index (Phi) is 14.7. The monoisotopic (exact) mass is 278 g/mol. The van der Waals surface area contributed by atoms with E-state index in [1.807, 2.05) is 0 Å². The molecule has 0 heterocycles. The second-order valence-electron chi connectivity index (χ2n) is 5.08. The average Bonchev–Trinajstić information content (AvgIpc) is 2.43. The van der Waals surface area contributed by atoms with Crippen LogP contribution in [0.4, 0.5) is 0 Å². The lowest BCUT2D eigenvalue weighted by Gasteiger charge is -1.97. The summed E-state index contributed by atoms with van der Waals surface area (Å²) in [6, 6.07) is 0. The topological polar surface area (TPSA) is 37.3 Å². The predicted octanol–water partition coefficient (Wildman–Crippen LogP) is 5.66. The molecule has 0 saturated heterocycles. The number of carbonyl (C=O) groups is 1. The molecule has 0 aromatic heterocycles. The highest BCUT2D eigenvalue weighted by Crippen LogP contribution is 2.07. The standard InChI is InChI=1S/C18H30O2/c1-2-3-4-5-6-7-8-9-10-11-12-13-14-15-16-17-18(19)20/h5-10H,2-4,11-17H2,1H3,(H,19,20)/b6-5+,8-7+,10-9-. The molecule has 20 heavy (non-hydrogen) atoms. The average molecular weight is 278 g/mol. The van der Waals surface area contributed by atoms with E-state index in [0.717, 1.165) is 25.7 Å². The van der Waals surface area contributed by atoms with Crippen LogP contribution in [0, 0.1) is 0 Å². The molecular weight excluding hydrogens is 248 g/mol. The Morgan fingerprint density at radius 3 is 1.95 bits per heavy atom. The first kappa shape index (κ1) is 18.7. The third kappa shape index (κ3) is 16.7. The molecule has 0 rings (SSSR count). The van der Waals surface area contributed by atoms with Gasteiger partial charge in [0.05, 0.1) is 0 Å². The Morgan fingerprint density at radius 1 is 0.800 bits per heavy atom. The fourth-order valence-corrected chi connectivity index (χ4v) is 1.87. The van der Waals surface area contributed by atoms with E-state index in [1.54, 1.807) is 0 Å². The van der Waals surface area contributed by atoms with Gasteiger partial charge in [-0.05, 0) is 25.7 Å². The van der Waals surface area contributed by atoms with Crippen molar-refractivity contribution in [3.8, 4) is 0 Å². The molecule has 0 aliphatic rings. The maximum atomic E-state index is 10.3. The number of hydrogen-bond acceptors (Lipinski definition) is 1. The van der Waals surface area contributed by atoms with Crippen LogP contribution in [0.5, 0.6) is 0 Å². The number of allylic oxidation sites excluding steroid dienone is 6. The lowest BCUT2D eigenvalue weighted by molar-refractivity contribution is -0.137. The molecule has 0 aromatic carbocycles. The number of hydrogen-bond donors (Lipinski definition) is 1. The fourth-order valence-electron chi connectivity index (χ4n) is 1.87. The quantitative estimate of drug-likeness (QED) is 0.348. The summed E-state index contributed by atoms with van der Waals surface area (Å²) in [5.41, 5.74) is 0. The van der Waals surface area contributed by atoms with Gasteiger partial charge in [-0.3, -0.25) is 4.79 Å². The number of carboxylic acid groups (broad SMARTS) is 1. The van der Waals surface area contributed by atoms with Crippen LogP contribution in [0.1, 0.15) is 71.1 Å². The van der Waals surface area contributed by atoms with Gasteiger partial charge in [-0.25, -0.2) is 0 Å². The Balaban J connectivity index is 3.29. The largest absolute Gasteiger partial charge is 0.481 e. The summed E-state index contributed by atoms with van der Waals surface area (Å²) in [5, 5.41) is 8.50. The lowest BCUT2D eigenvalue weighted by atomic mass is 10.1. The van der Waals surface area contributed by atoms with Crippen molar-refractivity contribution in [1.29, 1.82) is 0 Å². The molecule has 0 saturated carbocycles. The van der Waals surface area contributed by atoms with E-state index in [2.05, 4.69) is 43.4 Å². The number of rotatable bonds is 13.